The van der Waals surface area contributed by atoms with Crippen LogP contribution in [0.5, 0.6) is 0 Å². The molecule has 42 valence electrons. The summed E-state index contributed by atoms with van der Waals surface area (Å²) in [7, 11) is 0. The second kappa shape index (κ2) is 5.34. The highest BCUT2D eigenvalue weighted by atomic mass is 16.5. The Morgan fingerprint density at radius 3 is 2.86 bits per heavy atom. The van der Waals surface area contributed by atoms with E-state index in [1.807, 2.05) is 6.92 Å². The molecular formula is C5H11NO. The maximum absolute atomic E-state index is 4.96. The molecule has 2 heteroatoms. The SMILES string of the molecule is CCCO/C=C/N. The van der Waals surface area contributed by atoms with Gasteiger partial charge in [0.2, 0.25) is 0 Å². The molecular weight excluding hydrogens is 90.1 g/mol. The van der Waals surface area contributed by atoms with Crippen molar-refractivity contribution >= 4 is 0 Å². The van der Waals surface area contributed by atoms with Crippen molar-refractivity contribution in [2.24, 2.45) is 5.73 Å². The maximum Gasteiger partial charge on any atom is 0.0983 e. The van der Waals surface area contributed by atoms with Gasteiger partial charge >= 0.3 is 0 Å². The molecule has 7 heavy (non-hydrogen) atoms. The predicted molar refractivity (Wildman–Crippen MR) is 29.6 cm³/mol. The lowest BCUT2D eigenvalue weighted by atomic mass is 10.5. The summed E-state index contributed by atoms with van der Waals surface area (Å²) >= 11 is 0. The van der Waals surface area contributed by atoms with Gasteiger partial charge in [-0.3, -0.25) is 0 Å². The van der Waals surface area contributed by atoms with Crippen molar-refractivity contribution in [1.82, 2.24) is 0 Å². The van der Waals surface area contributed by atoms with Crippen LogP contribution in [0.1, 0.15) is 13.3 Å². The van der Waals surface area contributed by atoms with E-state index in [4.69, 9.17) is 10.5 Å². The van der Waals surface area contributed by atoms with Crippen molar-refractivity contribution in [1.29, 1.82) is 0 Å². The minimum absolute atomic E-state index is 0.758. The minimum atomic E-state index is 0.758. The molecule has 0 amide bonds. The molecule has 0 heterocycles. The molecule has 0 aromatic rings. The topological polar surface area (TPSA) is 35.2 Å². The molecule has 0 atom stereocenters. The summed E-state index contributed by atoms with van der Waals surface area (Å²) in [6.45, 7) is 2.80. The van der Waals surface area contributed by atoms with Gasteiger partial charge in [-0.2, -0.15) is 0 Å². The first-order valence-electron chi connectivity index (χ1n) is 2.40. The third-order valence-corrected chi connectivity index (χ3v) is 0.497. The highest BCUT2D eigenvalue weighted by Crippen LogP contribution is 1.77. The number of hydrogen-bond acceptors (Lipinski definition) is 2. The van der Waals surface area contributed by atoms with Gasteiger partial charge in [-0.1, -0.05) is 6.92 Å². The zero-order valence-electron chi connectivity index (χ0n) is 4.55. The lowest BCUT2D eigenvalue weighted by molar-refractivity contribution is 0.249. The molecule has 0 radical (unpaired) electrons. The highest BCUT2D eigenvalue weighted by Gasteiger charge is 1.70. The lowest BCUT2D eigenvalue weighted by Gasteiger charge is -1.91. The van der Waals surface area contributed by atoms with Crippen molar-refractivity contribution in [3.05, 3.63) is 12.5 Å². The van der Waals surface area contributed by atoms with Gasteiger partial charge in [-0.05, 0) is 6.42 Å². The molecule has 0 bridgehead atoms. The number of rotatable bonds is 3. The van der Waals surface area contributed by atoms with Crippen LogP contribution in [0.2, 0.25) is 0 Å². The molecule has 0 aromatic heterocycles. The summed E-state index contributed by atoms with van der Waals surface area (Å²) in [6.07, 6.45) is 3.91. The maximum atomic E-state index is 4.96. The smallest absolute Gasteiger partial charge is 0.0983 e. The summed E-state index contributed by atoms with van der Waals surface area (Å²) in [5, 5.41) is 0. The van der Waals surface area contributed by atoms with Crippen molar-refractivity contribution in [2.45, 2.75) is 13.3 Å². The van der Waals surface area contributed by atoms with Crippen LogP contribution in [0.25, 0.3) is 0 Å². The zero-order valence-corrected chi connectivity index (χ0v) is 4.55. The molecule has 2 nitrogen and oxygen atoms in total. The Labute approximate surface area is 44.0 Å². The molecule has 0 fully saturated rings. The van der Waals surface area contributed by atoms with Crippen LogP contribution >= 0.6 is 0 Å². The van der Waals surface area contributed by atoms with Crippen molar-refractivity contribution < 1.29 is 4.74 Å². The number of ether oxygens (including phenoxy) is 1. The second-order valence-corrected chi connectivity index (χ2v) is 1.20. The number of hydrogen-bond donors (Lipinski definition) is 1. The first kappa shape index (κ1) is 6.34. The van der Waals surface area contributed by atoms with E-state index in [9.17, 15) is 0 Å². The molecule has 0 saturated carbocycles. The summed E-state index contributed by atoms with van der Waals surface area (Å²) in [5.41, 5.74) is 4.96. The summed E-state index contributed by atoms with van der Waals surface area (Å²) in [5.74, 6) is 0. The van der Waals surface area contributed by atoms with Crippen LogP contribution in [0.15, 0.2) is 12.5 Å². The Bertz CT molecular complexity index is 52.0. The lowest BCUT2D eigenvalue weighted by Crippen LogP contribution is -1.84. The Morgan fingerprint density at radius 1 is 1.71 bits per heavy atom. The molecule has 0 rings (SSSR count). The van der Waals surface area contributed by atoms with Crippen molar-refractivity contribution in [3.63, 3.8) is 0 Å². The van der Waals surface area contributed by atoms with E-state index in [-0.39, 0.29) is 0 Å². The quantitative estimate of drug-likeness (QED) is 0.422. The Morgan fingerprint density at radius 2 is 2.43 bits per heavy atom. The Hall–Kier alpha value is -0.660. The molecule has 0 aromatic carbocycles. The van der Waals surface area contributed by atoms with Crippen LogP contribution < -0.4 is 5.73 Å². The molecule has 0 aliphatic heterocycles. The molecule has 0 spiro atoms. The second-order valence-electron chi connectivity index (χ2n) is 1.20. The molecule has 0 unspecified atom stereocenters. The standard InChI is InChI=1S/C5H11NO/c1-2-4-7-5-3-6/h3,5H,2,4,6H2,1H3/b5-3+. The van der Waals surface area contributed by atoms with E-state index >= 15 is 0 Å². The third kappa shape index (κ3) is 5.34. The van der Waals surface area contributed by atoms with Crippen molar-refractivity contribution in [2.75, 3.05) is 6.61 Å². The van der Waals surface area contributed by atoms with Gasteiger partial charge in [-0.25, -0.2) is 0 Å². The van der Waals surface area contributed by atoms with E-state index in [1.165, 1.54) is 12.5 Å². The Kier molecular flexibility index (Phi) is 4.84. The van der Waals surface area contributed by atoms with Crippen LogP contribution in [-0.2, 0) is 4.74 Å². The minimum Gasteiger partial charge on any atom is -0.500 e. The number of nitrogens with two attached hydrogens (primary N) is 1. The Balaban J connectivity index is 2.69. The van der Waals surface area contributed by atoms with Crippen LogP contribution in [0.4, 0.5) is 0 Å². The summed E-state index contributed by atoms with van der Waals surface area (Å²) < 4.78 is 4.83. The van der Waals surface area contributed by atoms with Gasteiger partial charge in [-0.15, -0.1) is 0 Å². The van der Waals surface area contributed by atoms with Gasteiger partial charge < -0.3 is 10.5 Å². The zero-order chi connectivity index (χ0) is 5.54. The predicted octanol–water partition coefficient (Wildman–Crippen LogP) is 0.843. The van der Waals surface area contributed by atoms with Crippen LogP contribution in [-0.4, -0.2) is 6.61 Å². The largest absolute Gasteiger partial charge is 0.500 e. The van der Waals surface area contributed by atoms with E-state index in [0.717, 1.165) is 13.0 Å². The van der Waals surface area contributed by atoms with E-state index in [1.54, 1.807) is 0 Å². The molecule has 0 aliphatic rings. The van der Waals surface area contributed by atoms with Gasteiger partial charge in [0, 0.05) is 6.20 Å². The average Bonchev–Trinajstić information content (AvgIpc) is 1.69. The van der Waals surface area contributed by atoms with E-state index in [0.29, 0.717) is 0 Å². The summed E-state index contributed by atoms with van der Waals surface area (Å²) in [4.78, 5) is 0. The van der Waals surface area contributed by atoms with Gasteiger partial charge in [0.15, 0.2) is 0 Å². The van der Waals surface area contributed by atoms with E-state index < -0.39 is 0 Å². The normalized spacial score (nSPS) is 9.86. The van der Waals surface area contributed by atoms with Gasteiger partial charge in [0.05, 0.1) is 12.9 Å². The molecule has 0 saturated heterocycles. The van der Waals surface area contributed by atoms with Crippen LogP contribution in [0.3, 0.4) is 0 Å². The van der Waals surface area contributed by atoms with Crippen molar-refractivity contribution in [3.8, 4) is 0 Å². The average molecular weight is 101 g/mol. The fourth-order valence-corrected chi connectivity index (χ4v) is 0.241. The molecule has 0 aliphatic carbocycles. The summed E-state index contributed by atoms with van der Waals surface area (Å²) in [6, 6.07) is 0. The first-order valence-corrected chi connectivity index (χ1v) is 2.40. The monoisotopic (exact) mass is 101 g/mol. The van der Waals surface area contributed by atoms with E-state index in [2.05, 4.69) is 0 Å². The fourth-order valence-electron chi connectivity index (χ4n) is 0.241. The molecule has 2 N–H and O–H groups in total. The first-order chi connectivity index (χ1) is 3.41. The highest BCUT2D eigenvalue weighted by molar-refractivity contribution is 4.62. The van der Waals surface area contributed by atoms with Gasteiger partial charge in [0.1, 0.15) is 0 Å². The third-order valence-electron chi connectivity index (χ3n) is 0.497. The van der Waals surface area contributed by atoms with Crippen LogP contribution in [0, 0.1) is 0 Å². The fraction of sp³-hybridized carbons (Fsp3) is 0.600. The van der Waals surface area contributed by atoms with Gasteiger partial charge in [0.25, 0.3) is 0 Å².